The third-order valence-corrected chi connectivity index (χ3v) is 5.94. The lowest BCUT2D eigenvalue weighted by molar-refractivity contribution is 0.307. The van der Waals surface area contributed by atoms with Gasteiger partial charge in [0.1, 0.15) is 30.0 Å². The molecule has 5 rings (SSSR count). The molecular formula is C30H26O4. The molecule has 0 radical (unpaired) electrons. The first-order valence-corrected chi connectivity index (χ1v) is 11.3. The molecular weight excluding hydrogens is 424 g/mol. The fourth-order valence-corrected chi connectivity index (χ4v) is 3.98. The molecule has 0 aliphatic rings. The summed E-state index contributed by atoms with van der Waals surface area (Å²) in [7, 11) is 0. The molecule has 0 aliphatic heterocycles. The van der Waals surface area contributed by atoms with Crippen LogP contribution in [0, 0.1) is 0 Å². The number of rotatable bonds is 5. The molecule has 0 aliphatic carbocycles. The lowest BCUT2D eigenvalue weighted by atomic mass is 9.87. The highest BCUT2D eigenvalue weighted by Gasteiger charge is 2.14. The van der Waals surface area contributed by atoms with Gasteiger partial charge in [-0.1, -0.05) is 75.4 Å². The van der Waals surface area contributed by atoms with E-state index in [4.69, 9.17) is 13.9 Å². The predicted molar refractivity (Wildman–Crippen MR) is 136 cm³/mol. The van der Waals surface area contributed by atoms with Gasteiger partial charge in [0, 0.05) is 6.07 Å². The predicted octanol–water partition coefficient (Wildman–Crippen LogP) is 7.62. The first kappa shape index (κ1) is 21.8. The van der Waals surface area contributed by atoms with Crippen LogP contribution in [0.3, 0.4) is 0 Å². The normalized spacial score (nSPS) is 11.6. The van der Waals surface area contributed by atoms with E-state index in [1.165, 1.54) is 17.2 Å². The average molecular weight is 451 g/mol. The van der Waals surface area contributed by atoms with Gasteiger partial charge in [0.05, 0.1) is 5.39 Å². The Morgan fingerprint density at radius 1 is 0.794 bits per heavy atom. The Kier molecular flexibility index (Phi) is 5.58. The maximum atomic E-state index is 13.0. The Bertz CT molecular complexity index is 1520. The topological polar surface area (TPSA) is 48.7 Å². The SMILES string of the molecule is CC(C)(C)c1ccc(Oc2coc3cc(OCc4cccc5ccccc45)ccc3c2=O)cc1. The smallest absolute Gasteiger partial charge is 0.235 e. The summed E-state index contributed by atoms with van der Waals surface area (Å²) in [6.07, 6.45) is 1.36. The van der Waals surface area contributed by atoms with Crippen LogP contribution in [0.25, 0.3) is 21.7 Å². The summed E-state index contributed by atoms with van der Waals surface area (Å²) in [6, 6.07) is 27.4. The summed E-state index contributed by atoms with van der Waals surface area (Å²) >= 11 is 0. The number of hydrogen-bond donors (Lipinski definition) is 0. The number of hydrogen-bond acceptors (Lipinski definition) is 4. The van der Waals surface area contributed by atoms with Gasteiger partial charge in [-0.2, -0.15) is 0 Å². The molecule has 1 heterocycles. The average Bonchev–Trinajstić information content (AvgIpc) is 2.84. The first-order valence-electron chi connectivity index (χ1n) is 11.3. The van der Waals surface area contributed by atoms with E-state index >= 15 is 0 Å². The Labute approximate surface area is 198 Å². The second-order valence-corrected chi connectivity index (χ2v) is 9.39. The lowest BCUT2D eigenvalue weighted by Gasteiger charge is -2.19. The first-order chi connectivity index (χ1) is 16.4. The van der Waals surface area contributed by atoms with Crippen LogP contribution in [0.15, 0.2) is 100 Å². The van der Waals surface area contributed by atoms with Crippen LogP contribution < -0.4 is 14.9 Å². The van der Waals surface area contributed by atoms with E-state index in [0.29, 0.717) is 29.1 Å². The lowest BCUT2D eigenvalue weighted by Crippen LogP contribution is -2.10. The molecule has 0 N–H and O–H groups in total. The molecule has 0 saturated carbocycles. The van der Waals surface area contributed by atoms with E-state index in [1.807, 2.05) is 42.5 Å². The van der Waals surface area contributed by atoms with Gasteiger partial charge >= 0.3 is 0 Å². The van der Waals surface area contributed by atoms with Crippen LogP contribution >= 0.6 is 0 Å². The molecule has 4 aromatic carbocycles. The molecule has 0 saturated heterocycles. The van der Waals surface area contributed by atoms with Crippen molar-refractivity contribution in [2.75, 3.05) is 0 Å². The van der Waals surface area contributed by atoms with Crippen molar-refractivity contribution in [3.63, 3.8) is 0 Å². The molecule has 0 spiro atoms. The van der Waals surface area contributed by atoms with Gasteiger partial charge in [0.25, 0.3) is 0 Å². The molecule has 0 bridgehead atoms. The maximum Gasteiger partial charge on any atom is 0.235 e. The van der Waals surface area contributed by atoms with Crippen molar-refractivity contribution in [1.82, 2.24) is 0 Å². The minimum absolute atomic E-state index is 0.0495. The summed E-state index contributed by atoms with van der Waals surface area (Å²) in [6.45, 7) is 6.88. The number of fused-ring (bicyclic) bond motifs is 2. The van der Waals surface area contributed by atoms with E-state index in [1.54, 1.807) is 18.2 Å². The molecule has 1 aromatic heterocycles. The zero-order chi connectivity index (χ0) is 23.7. The van der Waals surface area contributed by atoms with Crippen molar-refractivity contribution in [2.45, 2.75) is 32.8 Å². The second-order valence-electron chi connectivity index (χ2n) is 9.39. The van der Waals surface area contributed by atoms with Gasteiger partial charge in [0.15, 0.2) is 0 Å². The van der Waals surface area contributed by atoms with Crippen LogP contribution in [0.5, 0.6) is 17.2 Å². The molecule has 4 nitrogen and oxygen atoms in total. The van der Waals surface area contributed by atoms with Crippen molar-refractivity contribution in [1.29, 1.82) is 0 Å². The summed E-state index contributed by atoms with van der Waals surface area (Å²) in [5.41, 5.74) is 2.58. The molecule has 170 valence electrons. The molecule has 0 unspecified atom stereocenters. The fourth-order valence-electron chi connectivity index (χ4n) is 3.98. The second kappa shape index (κ2) is 8.71. The van der Waals surface area contributed by atoms with E-state index in [2.05, 4.69) is 45.0 Å². The standard InChI is InChI=1S/C30H26O4/c1-30(2,3)22-11-13-23(14-12-22)34-28-19-33-27-17-24(15-16-26(27)29(28)31)32-18-21-9-6-8-20-7-4-5-10-25(20)21/h4-17,19H,18H2,1-3H3. The van der Waals surface area contributed by atoms with E-state index < -0.39 is 0 Å². The maximum absolute atomic E-state index is 13.0. The Balaban J connectivity index is 1.35. The highest BCUT2D eigenvalue weighted by Crippen LogP contribution is 2.28. The third-order valence-electron chi connectivity index (χ3n) is 5.94. The molecule has 34 heavy (non-hydrogen) atoms. The van der Waals surface area contributed by atoms with Gasteiger partial charge in [-0.3, -0.25) is 4.79 Å². The largest absolute Gasteiger partial charge is 0.489 e. The zero-order valence-corrected chi connectivity index (χ0v) is 19.5. The number of ether oxygens (including phenoxy) is 2. The van der Waals surface area contributed by atoms with Gasteiger partial charge < -0.3 is 13.9 Å². The Morgan fingerprint density at radius 2 is 1.53 bits per heavy atom. The van der Waals surface area contributed by atoms with Crippen LogP contribution in [0.4, 0.5) is 0 Å². The third kappa shape index (κ3) is 4.40. The van der Waals surface area contributed by atoms with Crippen LogP contribution in [-0.4, -0.2) is 0 Å². The summed E-state index contributed by atoms with van der Waals surface area (Å²) in [5, 5.41) is 2.78. The molecule has 5 aromatic rings. The fraction of sp³-hybridized carbons (Fsp3) is 0.167. The van der Waals surface area contributed by atoms with Gasteiger partial charge in [-0.05, 0) is 51.6 Å². The van der Waals surface area contributed by atoms with Crippen molar-refractivity contribution >= 4 is 21.7 Å². The van der Waals surface area contributed by atoms with Gasteiger partial charge in [-0.15, -0.1) is 0 Å². The van der Waals surface area contributed by atoms with E-state index in [9.17, 15) is 4.79 Å². The van der Waals surface area contributed by atoms with E-state index in [-0.39, 0.29) is 16.6 Å². The molecule has 0 fully saturated rings. The van der Waals surface area contributed by atoms with Crippen molar-refractivity contribution in [2.24, 2.45) is 0 Å². The minimum Gasteiger partial charge on any atom is -0.489 e. The highest BCUT2D eigenvalue weighted by atomic mass is 16.5. The van der Waals surface area contributed by atoms with Crippen LogP contribution in [0.1, 0.15) is 31.9 Å². The highest BCUT2D eigenvalue weighted by molar-refractivity contribution is 5.85. The Hall–Kier alpha value is -4.05. The monoisotopic (exact) mass is 450 g/mol. The van der Waals surface area contributed by atoms with Crippen LogP contribution in [-0.2, 0) is 12.0 Å². The quantitative estimate of drug-likeness (QED) is 0.276. The van der Waals surface area contributed by atoms with E-state index in [0.717, 1.165) is 10.9 Å². The zero-order valence-electron chi connectivity index (χ0n) is 19.5. The number of benzene rings is 4. The van der Waals surface area contributed by atoms with Gasteiger partial charge in [-0.25, -0.2) is 0 Å². The van der Waals surface area contributed by atoms with Crippen molar-refractivity contribution in [3.05, 3.63) is 113 Å². The molecule has 4 heteroatoms. The van der Waals surface area contributed by atoms with Crippen molar-refractivity contribution in [3.8, 4) is 17.2 Å². The van der Waals surface area contributed by atoms with Gasteiger partial charge in [0.2, 0.25) is 11.2 Å². The molecule has 0 atom stereocenters. The van der Waals surface area contributed by atoms with Crippen molar-refractivity contribution < 1.29 is 13.9 Å². The minimum atomic E-state index is -0.221. The van der Waals surface area contributed by atoms with Crippen LogP contribution in [0.2, 0.25) is 0 Å². The summed E-state index contributed by atoms with van der Waals surface area (Å²) in [4.78, 5) is 13.0. The summed E-state index contributed by atoms with van der Waals surface area (Å²) in [5.74, 6) is 1.38. The Morgan fingerprint density at radius 3 is 2.32 bits per heavy atom. The summed E-state index contributed by atoms with van der Waals surface area (Å²) < 4.78 is 17.6. The molecule has 0 amide bonds.